The average molecular weight is 414 g/mol. The van der Waals surface area contributed by atoms with Crippen LogP contribution in [0.15, 0.2) is 24.3 Å². The summed E-state index contributed by atoms with van der Waals surface area (Å²) >= 11 is 0. The summed E-state index contributed by atoms with van der Waals surface area (Å²) in [5, 5.41) is 2.64. The summed E-state index contributed by atoms with van der Waals surface area (Å²) in [6.45, 7) is 3.24. The number of imide groups is 1. The van der Waals surface area contributed by atoms with Gasteiger partial charge in [-0.2, -0.15) is 0 Å². The lowest BCUT2D eigenvalue weighted by atomic mass is 9.81. The SMILES string of the molecule is CCOc1ccccc1NC(=O)COC(=O)[C@@H](C)N1C(=O)[C@@H]2[C@H]3CC[C@@H](C3)[C@@H]2C1=O. The van der Waals surface area contributed by atoms with E-state index in [0.717, 1.165) is 24.2 Å². The van der Waals surface area contributed by atoms with Crippen LogP contribution in [0.5, 0.6) is 5.75 Å². The third kappa shape index (κ3) is 3.44. The van der Waals surface area contributed by atoms with Crippen molar-refractivity contribution in [3.8, 4) is 5.75 Å². The number of rotatable bonds is 7. The molecule has 0 unspecified atom stereocenters. The standard InChI is InChI=1S/C22H26N2O6/c1-3-29-16-7-5-4-6-15(16)23-17(25)11-30-22(28)12(2)24-20(26)18-13-8-9-14(10-13)19(18)21(24)27/h4-7,12-14,18-19H,3,8-11H2,1-2H3,(H,23,25)/t12-,13+,14+,18-,19+/m1/s1. The van der Waals surface area contributed by atoms with E-state index in [0.29, 0.717) is 18.0 Å². The number of hydrogen-bond donors (Lipinski definition) is 1. The minimum atomic E-state index is -1.04. The van der Waals surface area contributed by atoms with Crippen molar-refractivity contribution in [3.63, 3.8) is 0 Å². The maximum absolute atomic E-state index is 12.8. The van der Waals surface area contributed by atoms with Gasteiger partial charge in [0.1, 0.15) is 11.8 Å². The fourth-order valence-electron chi connectivity index (χ4n) is 5.21. The van der Waals surface area contributed by atoms with E-state index in [1.54, 1.807) is 24.3 Å². The van der Waals surface area contributed by atoms with E-state index in [2.05, 4.69) is 5.32 Å². The number of amides is 3. The van der Waals surface area contributed by atoms with E-state index in [1.807, 2.05) is 6.92 Å². The van der Waals surface area contributed by atoms with Crippen LogP contribution >= 0.6 is 0 Å². The second kappa shape index (κ2) is 8.08. The van der Waals surface area contributed by atoms with Gasteiger partial charge < -0.3 is 14.8 Å². The number of nitrogens with zero attached hydrogens (tertiary/aromatic N) is 1. The first-order valence-electron chi connectivity index (χ1n) is 10.5. The smallest absolute Gasteiger partial charge is 0.329 e. The maximum Gasteiger partial charge on any atom is 0.329 e. The third-order valence-corrected chi connectivity index (χ3v) is 6.50. The van der Waals surface area contributed by atoms with Gasteiger partial charge in [-0.25, -0.2) is 4.79 Å². The van der Waals surface area contributed by atoms with Crippen LogP contribution in [0.1, 0.15) is 33.1 Å². The topological polar surface area (TPSA) is 102 Å². The highest BCUT2D eigenvalue weighted by Crippen LogP contribution is 2.56. The summed E-state index contributed by atoms with van der Waals surface area (Å²) in [6, 6.07) is 5.90. The molecule has 2 aliphatic carbocycles. The highest BCUT2D eigenvalue weighted by Gasteiger charge is 2.62. The van der Waals surface area contributed by atoms with Gasteiger partial charge in [-0.15, -0.1) is 0 Å². The number of carbonyl (C=O) groups excluding carboxylic acids is 4. The third-order valence-electron chi connectivity index (χ3n) is 6.50. The first-order chi connectivity index (χ1) is 14.4. The average Bonchev–Trinajstić information content (AvgIpc) is 3.41. The normalized spacial score (nSPS) is 27.7. The monoisotopic (exact) mass is 414 g/mol. The number of para-hydroxylation sites is 2. The molecule has 3 amide bonds. The summed E-state index contributed by atoms with van der Waals surface area (Å²) in [6.07, 6.45) is 2.88. The van der Waals surface area contributed by atoms with Crippen LogP contribution in [0.2, 0.25) is 0 Å². The zero-order valence-corrected chi connectivity index (χ0v) is 17.1. The molecule has 0 aromatic heterocycles. The summed E-state index contributed by atoms with van der Waals surface area (Å²) in [5.41, 5.74) is 0.474. The molecular weight excluding hydrogens is 388 g/mol. The van der Waals surface area contributed by atoms with Crippen molar-refractivity contribution in [2.75, 3.05) is 18.5 Å². The van der Waals surface area contributed by atoms with E-state index in [4.69, 9.17) is 9.47 Å². The molecule has 2 bridgehead atoms. The first-order valence-corrected chi connectivity index (χ1v) is 10.5. The fraction of sp³-hybridized carbons (Fsp3) is 0.545. The van der Waals surface area contributed by atoms with Crippen LogP contribution in [0.25, 0.3) is 0 Å². The molecule has 8 nitrogen and oxygen atoms in total. The molecule has 1 aromatic carbocycles. The van der Waals surface area contributed by atoms with E-state index in [1.165, 1.54) is 6.92 Å². The molecular formula is C22H26N2O6. The molecule has 1 N–H and O–H groups in total. The molecule has 0 radical (unpaired) electrons. The summed E-state index contributed by atoms with van der Waals surface area (Å²) in [7, 11) is 0. The molecule has 30 heavy (non-hydrogen) atoms. The Bertz CT molecular complexity index is 856. The number of ether oxygens (including phenoxy) is 2. The Labute approximate surface area is 174 Å². The molecule has 1 aliphatic heterocycles. The van der Waals surface area contributed by atoms with Crippen LogP contribution in [0.3, 0.4) is 0 Å². The quantitative estimate of drug-likeness (QED) is 0.541. The second-order valence-electron chi connectivity index (χ2n) is 8.19. The van der Waals surface area contributed by atoms with Crippen LogP contribution < -0.4 is 10.1 Å². The number of likely N-dealkylation sites (tertiary alicyclic amines) is 1. The number of hydrogen-bond acceptors (Lipinski definition) is 6. The van der Waals surface area contributed by atoms with Crippen molar-refractivity contribution in [2.24, 2.45) is 23.7 Å². The van der Waals surface area contributed by atoms with Crippen LogP contribution in [0, 0.1) is 23.7 Å². The van der Waals surface area contributed by atoms with Gasteiger partial charge in [0.25, 0.3) is 5.91 Å². The van der Waals surface area contributed by atoms with Gasteiger partial charge in [0, 0.05) is 0 Å². The summed E-state index contributed by atoms with van der Waals surface area (Å²) in [5.74, 6) is -1.39. The molecule has 0 spiro atoms. The van der Waals surface area contributed by atoms with E-state index in [9.17, 15) is 19.2 Å². The van der Waals surface area contributed by atoms with Crippen molar-refractivity contribution < 1.29 is 28.7 Å². The summed E-state index contributed by atoms with van der Waals surface area (Å²) < 4.78 is 10.5. The van der Waals surface area contributed by atoms with Gasteiger partial charge in [-0.1, -0.05) is 12.1 Å². The molecule has 160 valence electrons. The molecule has 1 heterocycles. The fourth-order valence-corrected chi connectivity index (χ4v) is 5.21. The maximum atomic E-state index is 12.8. The van der Waals surface area contributed by atoms with Gasteiger partial charge in [-0.05, 0) is 57.1 Å². The molecule has 1 aromatic rings. The Morgan fingerprint density at radius 2 is 1.77 bits per heavy atom. The minimum Gasteiger partial charge on any atom is -0.492 e. The number of carbonyl (C=O) groups is 4. The van der Waals surface area contributed by atoms with Crippen molar-refractivity contribution in [2.45, 2.75) is 39.2 Å². The van der Waals surface area contributed by atoms with E-state index in [-0.39, 0.29) is 35.5 Å². The predicted molar refractivity (Wildman–Crippen MR) is 106 cm³/mol. The highest BCUT2D eigenvalue weighted by molar-refractivity contribution is 6.08. The lowest BCUT2D eigenvalue weighted by Crippen LogP contribution is -2.45. The van der Waals surface area contributed by atoms with Crippen molar-refractivity contribution >= 4 is 29.4 Å². The molecule has 3 fully saturated rings. The van der Waals surface area contributed by atoms with E-state index >= 15 is 0 Å². The Hall–Kier alpha value is -2.90. The van der Waals surface area contributed by atoms with Gasteiger partial charge >= 0.3 is 5.97 Å². The first kappa shape index (κ1) is 20.4. The molecule has 4 rings (SSSR count). The molecule has 1 saturated heterocycles. The predicted octanol–water partition coefficient (Wildman–Crippen LogP) is 1.99. The molecule has 2 saturated carbocycles. The van der Waals surface area contributed by atoms with Crippen LogP contribution in [0.4, 0.5) is 5.69 Å². The molecule has 8 heteroatoms. The number of fused-ring (bicyclic) bond motifs is 5. The van der Waals surface area contributed by atoms with Gasteiger partial charge in [-0.3, -0.25) is 19.3 Å². The zero-order valence-electron chi connectivity index (χ0n) is 17.1. The van der Waals surface area contributed by atoms with Crippen LogP contribution in [-0.4, -0.2) is 47.8 Å². The molecule has 5 atom stereocenters. The van der Waals surface area contributed by atoms with E-state index < -0.39 is 24.5 Å². The van der Waals surface area contributed by atoms with Crippen molar-refractivity contribution in [1.82, 2.24) is 4.90 Å². The Kier molecular flexibility index (Phi) is 5.49. The Balaban J connectivity index is 1.34. The zero-order chi connectivity index (χ0) is 21.4. The number of nitrogens with one attached hydrogen (secondary N) is 1. The molecule has 3 aliphatic rings. The van der Waals surface area contributed by atoms with Gasteiger partial charge in [0.05, 0.1) is 24.1 Å². The van der Waals surface area contributed by atoms with Gasteiger partial charge in [0.2, 0.25) is 11.8 Å². The number of anilines is 1. The van der Waals surface area contributed by atoms with Crippen LogP contribution in [-0.2, 0) is 23.9 Å². The number of esters is 1. The van der Waals surface area contributed by atoms with Gasteiger partial charge in [0.15, 0.2) is 6.61 Å². The Morgan fingerprint density at radius 3 is 2.40 bits per heavy atom. The van der Waals surface area contributed by atoms with Crippen molar-refractivity contribution in [3.05, 3.63) is 24.3 Å². The van der Waals surface area contributed by atoms with Crippen molar-refractivity contribution in [1.29, 1.82) is 0 Å². The summed E-state index contributed by atoms with van der Waals surface area (Å²) in [4.78, 5) is 51.4. The highest BCUT2D eigenvalue weighted by atomic mass is 16.5. The Morgan fingerprint density at radius 1 is 1.13 bits per heavy atom. The number of benzene rings is 1. The largest absolute Gasteiger partial charge is 0.492 e. The lowest BCUT2D eigenvalue weighted by Gasteiger charge is -2.23. The second-order valence-corrected chi connectivity index (χ2v) is 8.19. The lowest BCUT2D eigenvalue weighted by molar-refractivity contribution is -0.159. The minimum absolute atomic E-state index is 0.251.